The highest BCUT2D eigenvalue weighted by Crippen LogP contribution is 2.27. The van der Waals surface area contributed by atoms with E-state index >= 15 is 0 Å². The van der Waals surface area contributed by atoms with Crippen molar-refractivity contribution in [1.29, 1.82) is 0 Å². The second kappa shape index (κ2) is 6.55. The predicted molar refractivity (Wildman–Crippen MR) is 92.1 cm³/mol. The van der Waals surface area contributed by atoms with Crippen molar-refractivity contribution in [2.75, 3.05) is 7.05 Å². The van der Waals surface area contributed by atoms with Crippen molar-refractivity contribution in [3.63, 3.8) is 0 Å². The molecule has 3 aromatic rings. The number of rotatable bonds is 3. The summed E-state index contributed by atoms with van der Waals surface area (Å²) in [7, 11) is 1.51. The van der Waals surface area contributed by atoms with E-state index in [4.69, 9.17) is 0 Å². The van der Waals surface area contributed by atoms with E-state index in [0.29, 0.717) is 5.56 Å². The summed E-state index contributed by atoms with van der Waals surface area (Å²) in [5.74, 6) is -2.82. The van der Waals surface area contributed by atoms with Crippen LogP contribution in [0.3, 0.4) is 0 Å². The number of fused-ring (bicyclic) bond motifs is 1. The number of nitrogens with one attached hydrogen (secondary N) is 2. The molecule has 6 nitrogen and oxygen atoms in total. The molecule has 3 rings (SSSR count). The van der Waals surface area contributed by atoms with Gasteiger partial charge in [-0.25, -0.2) is 8.78 Å². The predicted octanol–water partition coefficient (Wildman–Crippen LogP) is 2.33. The lowest BCUT2D eigenvalue weighted by molar-refractivity contribution is 0.0737. The van der Waals surface area contributed by atoms with Gasteiger partial charge in [0.1, 0.15) is 5.69 Å². The van der Waals surface area contributed by atoms with E-state index < -0.39 is 40.1 Å². The van der Waals surface area contributed by atoms with E-state index in [1.807, 2.05) is 0 Å². The quantitative estimate of drug-likeness (QED) is 0.753. The van der Waals surface area contributed by atoms with E-state index in [1.54, 1.807) is 6.92 Å². The molecule has 2 N–H and O–H groups in total. The van der Waals surface area contributed by atoms with E-state index in [-0.39, 0.29) is 11.1 Å². The molecule has 0 bridgehead atoms. The van der Waals surface area contributed by atoms with Crippen LogP contribution in [0.15, 0.2) is 46.1 Å². The zero-order valence-electron chi connectivity index (χ0n) is 14.0. The number of nitrogens with zero attached hydrogens (tertiary/aromatic N) is 1. The number of aromatic nitrogens is 2. The van der Waals surface area contributed by atoms with Crippen LogP contribution in [0.5, 0.6) is 0 Å². The maximum absolute atomic E-state index is 14.1. The van der Waals surface area contributed by atoms with Gasteiger partial charge in [-0.05, 0) is 30.0 Å². The Kier molecular flexibility index (Phi) is 4.41. The van der Waals surface area contributed by atoms with Gasteiger partial charge in [0.25, 0.3) is 11.5 Å². The first-order valence-electron chi connectivity index (χ1n) is 7.77. The van der Waals surface area contributed by atoms with Gasteiger partial charge in [0.05, 0.1) is 11.4 Å². The van der Waals surface area contributed by atoms with Crippen LogP contribution in [-0.4, -0.2) is 27.8 Å². The number of pyridine rings is 2. The molecule has 0 unspecified atom stereocenters. The number of hydrogen-bond acceptors (Lipinski definition) is 3. The molecule has 0 saturated carbocycles. The maximum Gasteiger partial charge on any atom is 0.270 e. The van der Waals surface area contributed by atoms with Crippen LogP contribution in [0.1, 0.15) is 29.0 Å². The highest BCUT2D eigenvalue weighted by molar-refractivity contribution is 5.93. The normalized spacial score (nSPS) is 12.2. The minimum atomic E-state index is -1.24. The molecule has 2 heterocycles. The highest BCUT2D eigenvalue weighted by atomic mass is 19.2. The Balaban J connectivity index is 2.07. The number of halogens is 2. The molecule has 1 amide bonds. The average molecular weight is 359 g/mol. The van der Waals surface area contributed by atoms with Crippen molar-refractivity contribution in [1.82, 2.24) is 14.9 Å². The molecule has 0 saturated heterocycles. The molecule has 1 aromatic carbocycles. The van der Waals surface area contributed by atoms with Crippen LogP contribution in [0.2, 0.25) is 0 Å². The molecule has 8 heteroatoms. The SMILES string of the molecule is C[C@@H](c1c[nH]c(=O)c2c(F)c(F)ccc12)N(C)C(=O)c1cccc(=O)[nH]1. The molecule has 0 aliphatic heterocycles. The van der Waals surface area contributed by atoms with E-state index in [2.05, 4.69) is 9.97 Å². The third-order valence-corrected chi connectivity index (χ3v) is 4.34. The van der Waals surface area contributed by atoms with Crippen molar-refractivity contribution in [2.24, 2.45) is 0 Å². The Morgan fingerprint density at radius 2 is 1.88 bits per heavy atom. The summed E-state index contributed by atoms with van der Waals surface area (Å²) >= 11 is 0. The van der Waals surface area contributed by atoms with Gasteiger partial charge >= 0.3 is 0 Å². The molecule has 1 atom stereocenters. The van der Waals surface area contributed by atoms with E-state index in [0.717, 1.165) is 6.07 Å². The molecule has 0 fully saturated rings. The Labute approximate surface area is 146 Å². The van der Waals surface area contributed by atoms with Gasteiger partial charge in [-0.15, -0.1) is 0 Å². The van der Waals surface area contributed by atoms with Gasteiger partial charge in [0.2, 0.25) is 5.56 Å². The maximum atomic E-state index is 14.1. The second-order valence-electron chi connectivity index (χ2n) is 5.88. The summed E-state index contributed by atoms with van der Waals surface area (Å²) in [5, 5.41) is -0.190. The van der Waals surface area contributed by atoms with E-state index in [9.17, 15) is 23.2 Å². The van der Waals surface area contributed by atoms with Gasteiger partial charge in [-0.2, -0.15) is 0 Å². The van der Waals surface area contributed by atoms with Crippen LogP contribution < -0.4 is 11.1 Å². The fraction of sp³-hybridized carbons (Fsp3) is 0.167. The molecule has 2 aromatic heterocycles. The van der Waals surface area contributed by atoms with Crippen molar-refractivity contribution in [2.45, 2.75) is 13.0 Å². The Bertz CT molecular complexity index is 1120. The smallest absolute Gasteiger partial charge is 0.270 e. The first-order chi connectivity index (χ1) is 12.3. The summed E-state index contributed by atoms with van der Waals surface area (Å²) in [6, 6.07) is 5.86. The van der Waals surface area contributed by atoms with Crippen LogP contribution in [0, 0.1) is 11.6 Å². The Morgan fingerprint density at radius 1 is 1.15 bits per heavy atom. The number of carbonyl (C=O) groups is 1. The highest BCUT2D eigenvalue weighted by Gasteiger charge is 2.23. The van der Waals surface area contributed by atoms with Crippen LogP contribution in [-0.2, 0) is 0 Å². The number of aromatic amines is 2. The molecular weight excluding hydrogens is 344 g/mol. The van der Waals surface area contributed by atoms with Gasteiger partial charge in [-0.3, -0.25) is 14.4 Å². The lowest BCUT2D eigenvalue weighted by atomic mass is 10.0. The Morgan fingerprint density at radius 3 is 2.58 bits per heavy atom. The third kappa shape index (κ3) is 2.90. The summed E-state index contributed by atoms with van der Waals surface area (Å²) in [6.45, 7) is 1.67. The fourth-order valence-electron chi connectivity index (χ4n) is 2.80. The summed E-state index contributed by atoms with van der Waals surface area (Å²) < 4.78 is 27.5. The monoisotopic (exact) mass is 359 g/mol. The number of hydrogen-bond donors (Lipinski definition) is 2. The van der Waals surface area contributed by atoms with Crippen molar-refractivity contribution in [3.05, 3.63) is 80.1 Å². The van der Waals surface area contributed by atoms with Crippen LogP contribution in [0.25, 0.3) is 10.8 Å². The molecule has 134 valence electrons. The molecular formula is C18H15F2N3O3. The van der Waals surface area contributed by atoms with Crippen LogP contribution in [0.4, 0.5) is 8.78 Å². The molecule has 0 radical (unpaired) electrons. The molecule has 0 spiro atoms. The average Bonchev–Trinajstić information content (AvgIpc) is 2.63. The van der Waals surface area contributed by atoms with Gasteiger partial charge in [0, 0.05) is 19.3 Å². The molecule has 26 heavy (non-hydrogen) atoms. The van der Waals surface area contributed by atoms with Crippen molar-refractivity contribution in [3.8, 4) is 0 Å². The van der Waals surface area contributed by atoms with Gasteiger partial charge in [0.15, 0.2) is 11.6 Å². The zero-order chi connectivity index (χ0) is 19.0. The first kappa shape index (κ1) is 17.5. The van der Waals surface area contributed by atoms with Crippen molar-refractivity contribution >= 4 is 16.7 Å². The minimum Gasteiger partial charge on any atom is -0.334 e. The molecule has 0 aliphatic rings. The standard InChI is InChI=1S/C18H15F2N3O3/c1-9(23(2)18(26)13-4-3-5-14(24)22-13)11-8-21-17(25)15-10(11)6-7-12(19)16(15)20/h3-9H,1-2H3,(H,21,25)(H,22,24)/t9-/m0/s1. The topological polar surface area (TPSA) is 86.0 Å². The minimum absolute atomic E-state index is 0.0952. The second-order valence-corrected chi connectivity index (χ2v) is 5.88. The number of amides is 1. The number of benzene rings is 1. The van der Waals surface area contributed by atoms with Gasteiger partial charge in [-0.1, -0.05) is 12.1 Å². The first-order valence-corrected chi connectivity index (χ1v) is 7.77. The van der Waals surface area contributed by atoms with E-state index in [1.165, 1.54) is 42.4 Å². The summed E-state index contributed by atoms with van der Waals surface area (Å²) in [6.07, 6.45) is 1.37. The number of H-pyrrole nitrogens is 2. The van der Waals surface area contributed by atoms with Gasteiger partial charge < -0.3 is 14.9 Å². The zero-order valence-corrected chi connectivity index (χ0v) is 14.0. The summed E-state index contributed by atoms with van der Waals surface area (Å²) in [5.41, 5.74) is -0.635. The Hall–Kier alpha value is -3.29. The number of carbonyl (C=O) groups excluding carboxylic acids is 1. The largest absolute Gasteiger partial charge is 0.334 e. The lowest BCUT2D eigenvalue weighted by Crippen LogP contribution is -2.32. The van der Waals surface area contributed by atoms with Crippen LogP contribution >= 0.6 is 0 Å². The third-order valence-electron chi connectivity index (χ3n) is 4.34. The van der Waals surface area contributed by atoms with Crippen molar-refractivity contribution < 1.29 is 13.6 Å². The fourth-order valence-corrected chi connectivity index (χ4v) is 2.80. The molecule has 0 aliphatic carbocycles. The summed E-state index contributed by atoms with van der Waals surface area (Å²) in [4.78, 5) is 42.0. The lowest BCUT2D eigenvalue weighted by Gasteiger charge is -2.26.